The van der Waals surface area contributed by atoms with Crippen LogP contribution in [0.25, 0.3) is 22.5 Å². The van der Waals surface area contributed by atoms with Crippen LogP contribution < -0.4 is 16.2 Å². The Hall–Kier alpha value is -4.64. The van der Waals surface area contributed by atoms with Crippen LogP contribution in [0.1, 0.15) is 37.8 Å². The molecule has 210 valence electrons. The monoisotopic (exact) mass is 579 g/mol. The highest BCUT2D eigenvalue weighted by Crippen LogP contribution is 2.34. The molecule has 9 nitrogen and oxygen atoms in total. The number of fused-ring (bicyclic) bond motifs is 4. The number of rotatable bonds is 3. The van der Waals surface area contributed by atoms with Gasteiger partial charge in [-0.05, 0) is 60.9 Å². The summed E-state index contributed by atoms with van der Waals surface area (Å²) < 4.78 is 30.5. The van der Waals surface area contributed by atoms with Gasteiger partial charge in [-0.3, -0.25) is 24.5 Å². The fourth-order valence-corrected chi connectivity index (χ4v) is 5.04. The van der Waals surface area contributed by atoms with E-state index in [-0.39, 0.29) is 22.3 Å². The molecule has 2 bridgehead atoms. The van der Waals surface area contributed by atoms with Crippen LogP contribution in [0.15, 0.2) is 65.8 Å². The molecule has 3 N–H and O–H groups in total. The van der Waals surface area contributed by atoms with Crippen molar-refractivity contribution >= 4 is 35.0 Å². The van der Waals surface area contributed by atoms with E-state index in [1.807, 2.05) is 0 Å². The van der Waals surface area contributed by atoms with Gasteiger partial charge >= 0.3 is 6.09 Å². The van der Waals surface area contributed by atoms with Crippen molar-refractivity contribution in [1.29, 1.82) is 0 Å². The number of nitrogens with one attached hydrogen (secondary N) is 2. The minimum atomic E-state index is -1.24. The molecule has 2 atom stereocenters. The Morgan fingerprint density at radius 1 is 1.07 bits per heavy atom. The molecule has 2 amide bonds. The number of halogens is 3. The van der Waals surface area contributed by atoms with Crippen LogP contribution >= 0.6 is 11.6 Å². The zero-order valence-corrected chi connectivity index (χ0v) is 22.5. The first-order chi connectivity index (χ1) is 19.6. The van der Waals surface area contributed by atoms with Gasteiger partial charge in [0.15, 0.2) is 5.82 Å². The molecule has 3 heterocycles. The summed E-state index contributed by atoms with van der Waals surface area (Å²) in [7, 11) is 0. The Morgan fingerprint density at radius 3 is 2.63 bits per heavy atom. The van der Waals surface area contributed by atoms with E-state index in [0.717, 1.165) is 23.8 Å². The average Bonchev–Trinajstić information content (AvgIpc) is 2.93. The minimum absolute atomic E-state index is 0.183. The van der Waals surface area contributed by atoms with E-state index >= 15 is 0 Å². The molecule has 0 saturated carbocycles. The molecular weight excluding hydrogens is 556 g/mol. The van der Waals surface area contributed by atoms with E-state index in [9.17, 15) is 23.2 Å². The number of nitrogens with zero attached hydrogens (tertiary/aromatic N) is 3. The van der Waals surface area contributed by atoms with Crippen LogP contribution in [-0.4, -0.2) is 31.6 Å². The molecule has 2 aromatic carbocycles. The van der Waals surface area contributed by atoms with Gasteiger partial charge in [0.05, 0.1) is 40.0 Å². The van der Waals surface area contributed by atoms with Gasteiger partial charge in [-0.2, -0.15) is 0 Å². The SMILES string of the molecule is C[C@@H]1CCC[C@H](n2cnc(-c3c(F)ccc(Cl)c3F)cc2=O)c2ccnc(c2)-c2ccc(NC(=O)O)cc2NC1=O. The number of carbonyl (C=O) groups is 2. The van der Waals surface area contributed by atoms with Gasteiger partial charge in [0.1, 0.15) is 5.82 Å². The number of anilines is 2. The Labute approximate surface area is 237 Å². The van der Waals surface area contributed by atoms with Crippen LogP contribution in [0.2, 0.25) is 5.02 Å². The lowest BCUT2D eigenvalue weighted by Crippen LogP contribution is -2.27. The molecule has 1 aliphatic heterocycles. The Balaban J connectivity index is 1.60. The normalized spacial score (nSPS) is 17.0. The van der Waals surface area contributed by atoms with Gasteiger partial charge in [-0.25, -0.2) is 18.6 Å². The fraction of sp³-hybridized carbons (Fsp3) is 0.207. The third-order valence-electron chi connectivity index (χ3n) is 7.01. The van der Waals surface area contributed by atoms with Gasteiger partial charge in [0.2, 0.25) is 5.91 Å². The zero-order chi connectivity index (χ0) is 29.3. The van der Waals surface area contributed by atoms with Crippen LogP contribution in [0, 0.1) is 17.6 Å². The van der Waals surface area contributed by atoms with Gasteiger partial charge in [-0.15, -0.1) is 0 Å². The largest absolute Gasteiger partial charge is 0.465 e. The summed E-state index contributed by atoms with van der Waals surface area (Å²) in [6.45, 7) is 1.78. The molecule has 0 saturated heterocycles. The maximum absolute atomic E-state index is 14.6. The standard InChI is InChI=1S/C29H24ClF2N5O4/c1-15-3-2-4-24(37-14-34-23(13-25(37)38)26-20(31)8-7-19(30)27(26)32)16-9-10-33-21(11-16)18-6-5-17(35-29(40)41)12-22(18)36-28(15)39/h5-15,24,35H,2-4H2,1H3,(H,36,39)(H,40,41)/t15-,24+/m1/s1. The van der Waals surface area contributed by atoms with Gasteiger partial charge < -0.3 is 10.4 Å². The van der Waals surface area contributed by atoms with Crippen molar-refractivity contribution in [2.75, 3.05) is 10.6 Å². The molecule has 5 rings (SSSR count). The second-order valence-corrected chi connectivity index (χ2v) is 10.1. The Morgan fingerprint density at radius 2 is 1.88 bits per heavy atom. The van der Waals surface area contributed by atoms with E-state index in [0.29, 0.717) is 36.2 Å². The molecular formula is C29H24ClF2N5O4. The molecule has 0 fully saturated rings. The summed E-state index contributed by atoms with van der Waals surface area (Å²) in [5, 5.41) is 14.0. The quantitative estimate of drug-likeness (QED) is 0.243. The number of pyridine rings is 1. The number of benzene rings is 2. The fourth-order valence-electron chi connectivity index (χ4n) is 4.89. The minimum Gasteiger partial charge on any atom is -0.465 e. The van der Waals surface area contributed by atoms with E-state index in [1.54, 1.807) is 37.4 Å². The van der Waals surface area contributed by atoms with Crippen molar-refractivity contribution in [2.45, 2.75) is 32.2 Å². The third-order valence-corrected chi connectivity index (χ3v) is 7.30. The number of carbonyl (C=O) groups excluding carboxylic acids is 1. The third kappa shape index (κ3) is 5.80. The van der Waals surface area contributed by atoms with Crippen LogP contribution in [0.3, 0.4) is 0 Å². The highest BCUT2D eigenvalue weighted by atomic mass is 35.5. The molecule has 12 heteroatoms. The van der Waals surface area contributed by atoms with E-state index < -0.39 is 40.8 Å². The lowest BCUT2D eigenvalue weighted by Gasteiger charge is -2.23. The van der Waals surface area contributed by atoms with E-state index in [4.69, 9.17) is 16.7 Å². The smallest absolute Gasteiger partial charge is 0.409 e. The first-order valence-corrected chi connectivity index (χ1v) is 13.1. The van der Waals surface area contributed by atoms with Crippen LogP contribution in [0.4, 0.5) is 25.0 Å². The van der Waals surface area contributed by atoms with E-state index in [2.05, 4.69) is 20.6 Å². The van der Waals surface area contributed by atoms with Crippen LogP contribution in [0.5, 0.6) is 0 Å². The molecule has 0 unspecified atom stereocenters. The number of hydrogen-bond acceptors (Lipinski definition) is 5. The molecule has 2 aromatic heterocycles. The number of hydrogen-bond donors (Lipinski definition) is 3. The van der Waals surface area contributed by atoms with Crippen molar-refractivity contribution in [2.24, 2.45) is 5.92 Å². The van der Waals surface area contributed by atoms with Gasteiger partial charge in [-0.1, -0.05) is 24.9 Å². The summed E-state index contributed by atoms with van der Waals surface area (Å²) in [6.07, 6.45) is 3.12. The van der Waals surface area contributed by atoms with Crippen molar-refractivity contribution in [3.8, 4) is 22.5 Å². The highest BCUT2D eigenvalue weighted by Gasteiger charge is 2.23. The summed E-state index contributed by atoms with van der Waals surface area (Å²) in [5.74, 6) is -2.54. The summed E-state index contributed by atoms with van der Waals surface area (Å²) in [5.41, 5.74) is 1.22. The molecule has 1 aliphatic rings. The summed E-state index contributed by atoms with van der Waals surface area (Å²) in [6, 6.07) is 10.9. The van der Waals surface area contributed by atoms with Crippen molar-refractivity contribution in [3.05, 3.63) is 93.6 Å². The van der Waals surface area contributed by atoms with E-state index in [1.165, 1.54) is 17.0 Å². The van der Waals surface area contributed by atoms with Crippen molar-refractivity contribution in [1.82, 2.24) is 14.5 Å². The molecule has 0 radical (unpaired) electrons. The van der Waals surface area contributed by atoms with Crippen molar-refractivity contribution in [3.63, 3.8) is 0 Å². The number of carboxylic acid groups (broad SMARTS) is 1. The molecule has 0 aliphatic carbocycles. The predicted octanol–water partition coefficient (Wildman–Crippen LogP) is 6.34. The first-order valence-electron chi connectivity index (χ1n) is 12.8. The molecule has 0 spiro atoms. The Kier molecular flexibility index (Phi) is 7.80. The lowest BCUT2D eigenvalue weighted by atomic mass is 9.94. The predicted molar refractivity (Wildman–Crippen MR) is 150 cm³/mol. The zero-order valence-electron chi connectivity index (χ0n) is 21.7. The molecule has 4 aromatic rings. The number of aromatic nitrogens is 3. The topological polar surface area (TPSA) is 126 Å². The van der Waals surface area contributed by atoms with Crippen molar-refractivity contribution < 1.29 is 23.5 Å². The second kappa shape index (κ2) is 11.5. The lowest BCUT2D eigenvalue weighted by molar-refractivity contribution is -0.119. The van der Waals surface area contributed by atoms with Gasteiger partial charge in [0, 0.05) is 29.4 Å². The highest BCUT2D eigenvalue weighted by molar-refractivity contribution is 6.31. The Bertz CT molecular complexity index is 1730. The average molecular weight is 580 g/mol. The first kappa shape index (κ1) is 27.9. The van der Waals surface area contributed by atoms with Gasteiger partial charge in [0.25, 0.3) is 5.56 Å². The summed E-state index contributed by atoms with van der Waals surface area (Å²) in [4.78, 5) is 46.2. The number of amides is 2. The molecule has 41 heavy (non-hydrogen) atoms. The van der Waals surface area contributed by atoms with Crippen LogP contribution in [-0.2, 0) is 4.79 Å². The maximum Gasteiger partial charge on any atom is 0.409 e. The maximum atomic E-state index is 14.6. The summed E-state index contributed by atoms with van der Waals surface area (Å²) >= 11 is 5.83. The second-order valence-electron chi connectivity index (χ2n) is 9.74.